The standard InChI is InChI=1S/C10H13N/c1-3-5-10-7-6-9(4-2)8-11-10/h3,5-8H,4H2,1-2H3/b5-3-. The van der Waals surface area contributed by atoms with Gasteiger partial charge in [0.05, 0.1) is 5.69 Å². The van der Waals surface area contributed by atoms with Crippen LogP contribution in [0.4, 0.5) is 0 Å². The quantitative estimate of drug-likeness (QED) is 0.626. The summed E-state index contributed by atoms with van der Waals surface area (Å²) >= 11 is 0. The first-order chi connectivity index (χ1) is 5.36. The number of rotatable bonds is 2. The summed E-state index contributed by atoms with van der Waals surface area (Å²) in [4.78, 5) is 4.25. The van der Waals surface area contributed by atoms with Gasteiger partial charge in [0.25, 0.3) is 0 Å². The minimum absolute atomic E-state index is 1.03. The summed E-state index contributed by atoms with van der Waals surface area (Å²) in [6.45, 7) is 4.13. The Labute approximate surface area is 67.8 Å². The number of allylic oxidation sites excluding steroid dienone is 1. The highest BCUT2D eigenvalue weighted by atomic mass is 14.7. The number of hydrogen-bond donors (Lipinski definition) is 0. The van der Waals surface area contributed by atoms with Gasteiger partial charge in [-0.1, -0.05) is 19.1 Å². The van der Waals surface area contributed by atoms with Crippen LogP contribution in [0.5, 0.6) is 0 Å². The molecule has 0 fully saturated rings. The van der Waals surface area contributed by atoms with Crippen LogP contribution in [0.3, 0.4) is 0 Å². The Morgan fingerprint density at radius 3 is 2.73 bits per heavy atom. The van der Waals surface area contributed by atoms with Gasteiger partial charge in [0.1, 0.15) is 0 Å². The monoisotopic (exact) mass is 147 g/mol. The van der Waals surface area contributed by atoms with E-state index in [2.05, 4.69) is 18.0 Å². The van der Waals surface area contributed by atoms with Gasteiger partial charge in [-0.2, -0.15) is 0 Å². The molecule has 1 aromatic heterocycles. The van der Waals surface area contributed by atoms with Gasteiger partial charge in [-0.3, -0.25) is 4.98 Å². The number of aryl methyl sites for hydroxylation is 1. The number of hydrogen-bond acceptors (Lipinski definition) is 1. The molecule has 0 spiro atoms. The second-order valence-corrected chi connectivity index (χ2v) is 2.44. The van der Waals surface area contributed by atoms with Gasteiger partial charge in [0.15, 0.2) is 0 Å². The molecule has 11 heavy (non-hydrogen) atoms. The van der Waals surface area contributed by atoms with Gasteiger partial charge >= 0.3 is 0 Å². The van der Waals surface area contributed by atoms with Crippen LogP contribution in [-0.2, 0) is 6.42 Å². The molecule has 0 aliphatic rings. The molecule has 0 N–H and O–H groups in total. The summed E-state index contributed by atoms with van der Waals surface area (Å²) < 4.78 is 0. The molecule has 1 heteroatoms. The van der Waals surface area contributed by atoms with Gasteiger partial charge in [0, 0.05) is 6.20 Å². The fraction of sp³-hybridized carbons (Fsp3) is 0.300. The molecule has 0 bridgehead atoms. The average molecular weight is 147 g/mol. The van der Waals surface area contributed by atoms with Crippen LogP contribution in [0.2, 0.25) is 0 Å². The predicted octanol–water partition coefficient (Wildman–Crippen LogP) is 2.68. The summed E-state index contributed by atoms with van der Waals surface area (Å²) in [6, 6.07) is 4.15. The molecule has 0 aliphatic heterocycles. The van der Waals surface area contributed by atoms with Crippen molar-refractivity contribution < 1.29 is 0 Å². The Kier molecular flexibility index (Phi) is 2.84. The summed E-state index contributed by atoms with van der Waals surface area (Å²) in [5.41, 5.74) is 2.32. The van der Waals surface area contributed by atoms with Crippen LogP contribution in [-0.4, -0.2) is 4.98 Å². The first kappa shape index (κ1) is 7.99. The predicted molar refractivity (Wildman–Crippen MR) is 48.3 cm³/mol. The Bertz CT molecular complexity index is 234. The lowest BCUT2D eigenvalue weighted by Crippen LogP contribution is -1.83. The Balaban J connectivity index is 2.82. The van der Waals surface area contributed by atoms with E-state index in [0.717, 1.165) is 12.1 Å². The van der Waals surface area contributed by atoms with E-state index in [1.54, 1.807) is 0 Å². The summed E-state index contributed by atoms with van der Waals surface area (Å²) in [6.07, 6.45) is 6.98. The third-order valence-electron chi connectivity index (χ3n) is 1.59. The lowest BCUT2D eigenvalue weighted by atomic mass is 10.2. The van der Waals surface area contributed by atoms with Crippen molar-refractivity contribution >= 4 is 6.08 Å². The van der Waals surface area contributed by atoms with Gasteiger partial charge in [-0.05, 0) is 31.1 Å². The number of pyridine rings is 1. The van der Waals surface area contributed by atoms with Crippen molar-refractivity contribution in [3.05, 3.63) is 35.7 Å². The van der Waals surface area contributed by atoms with E-state index < -0.39 is 0 Å². The van der Waals surface area contributed by atoms with Crippen molar-refractivity contribution in [1.82, 2.24) is 4.98 Å². The zero-order valence-electron chi connectivity index (χ0n) is 7.04. The second kappa shape index (κ2) is 3.91. The highest BCUT2D eigenvalue weighted by molar-refractivity contribution is 5.43. The van der Waals surface area contributed by atoms with Gasteiger partial charge in [0.2, 0.25) is 0 Å². The molecule has 1 rings (SSSR count). The molecule has 1 aromatic rings. The van der Waals surface area contributed by atoms with Crippen LogP contribution < -0.4 is 0 Å². The van der Waals surface area contributed by atoms with Crippen LogP contribution >= 0.6 is 0 Å². The maximum atomic E-state index is 4.25. The van der Waals surface area contributed by atoms with Crippen molar-refractivity contribution in [2.45, 2.75) is 20.3 Å². The van der Waals surface area contributed by atoms with Crippen molar-refractivity contribution in [2.75, 3.05) is 0 Å². The van der Waals surface area contributed by atoms with E-state index in [-0.39, 0.29) is 0 Å². The summed E-state index contributed by atoms with van der Waals surface area (Å²) in [5, 5.41) is 0. The Hall–Kier alpha value is -1.11. The van der Waals surface area contributed by atoms with E-state index >= 15 is 0 Å². The lowest BCUT2D eigenvalue weighted by Gasteiger charge is -1.95. The third-order valence-corrected chi connectivity index (χ3v) is 1.59. The molecule has 0 aromatic carbocycles. The first-order valence-electron chi connectivity index (χ1n) is 3.94. The van der Waals surface area contributed by atoms with Crippen LogP contribution in [0, 0.1) is 0 Å². The summed E-state index contributed by atoms with van der Waals surface area (Å²) in [7, 11) is 0. The van der Waals surface area contributed by atoms with E-state index in [1.807, 2.05) is 31.3 Å². The molecule has 0 aliphatic carbocycles. The maximum Gasteiger partial charge on any atom is 0.0626 e. The molecule has 58 valence electrons. The molecule has 0 atom stereocenters. The molecular weight excluding hydrogens is 134 g/mol. The SMILES string of the molecule is C/C=C\c1ccc(CC)cn1. The van der Waals surface area contributed by atoms with E-state index in [9.17, 15) is 0 Å². The van der Waals surface area contributed by atoms with Crippen LogP contribution in [0.1, 0.15) is 25.1 Å². The third kappa shape index (κ3) is 2.19. The minimum atomic E-state index is 1.03. The van der Waals surface area contributed by atoms with E-state index in [0.29, 0.717) is 0 Å². The van der Waals surface area contributed by atoms with Crippen LogP contribution in [0.25, 0.3) is 6.08 Å². The molecule has 0 radical (unpaired) electrons. The molecular formula is C10H13N. The largest absolute Gasteiger partial charge is 0.257 e. The highest BCUT2D eigenvalue weighted by Gasteiger charge is 1.88. The maximum absolute atomic E-state index is 4.25. The minimum Gasteiger partial charge on any atom is -0.257 e. The Morgan fingerprint density at radius 2 is 2.27 bits per heavy atom. The molecule has 1 heterocycles. The molecule has 0 unspecified atom stereocenters. The van der Waals surface area contributed by atoms with Crippen molar-refractivity contribution in [1.29, 1.82) is 0 Å². The fourth-order valence-corrected chi connectivity index (χ4v) is 0.914. The van der Waals surface area contributed by atoms with Gasteiger partial charge in [-0.25, -0.2) is 0 Å². The van der Waals surface area contributed by atoms with Crippen molar-refractivity contribution in [2.24, 2.45) is 0 Å². The molecule has 0 saturated heterocycles. The second-order valence-electron chi connectivity index (χ2n) is 2.44. The summed E-state index contributed by atoms with van der Waals surface area (Å²) in [5.74, 6) is 0. The average Bonchev–Trinajstić information content (AvgIpc) is 2.07. The fourth-order valence-electron chi connectivity index (χ4n) is 0.914. The van der Waals surface area contributed by atoms with Gasteiger partial charge in [-0.15, -0.1) is 0 Å². The van der Waals surface area contributed by atoms with E-state index in [4.69, 9.17) is 0 Å². The van der Waals surface area contributed by atoms with Crippen molar-refractivity contribution in [3.8, 4) is 0 Å². The molecule has 0 amide bonds. The number of aromatic nitrogens is 1. The van der Waals surface area contributed by atoms with Crippen LogP contribution in [0.15, 0.2) is 24.4 Å². The number of nitrogens with zero attached hydrogens (tertiary/aromatic N) is 1. The zero-order chi connectivity index (χ0) is 8.10. The molecule has 0 saturated carbocycles. The first-order valence-corrected chi connectivity index (χ1v) is 3.94. The molecule has 1 nitrogen and oxygen atoms in total. The lowest BCUT2D eigenvalue weighted by molar-refractivity contribution is 1.10. The van der Waals surface area contributed by atoms with E-state index in [1.165, 1.54) is 5.56 Å². The van der Waals surface area contributed by atoms with Gasteiger partial charge < -0.3 is 0 Å². The normalized spacial score (nSPS) is 10.7. The highest BCUT2D eigenvalue weighted by Crippen LogP contribution is 2.01. The Morgan fingerprint density at radius 1 is 1.45 bits per heavy atom. The van der Waals surface area contributed by atoms with Crippen molar-refractivity contribution in [3.63, 3.8) is 0 Å². The zero-order valence-corrected chi connectivity index (χ0v) is 7.04. The smallest absolute Gasteiger partial charge is 0.0626 e. The topological polar surface area (TPSA) is 12.9 Å².